The van der Waals surface area contributed by atoms with Gasteiger partial charge in [0.1, 0.15) is 0 Å². The molecule has 162 valence electrons. The molecule has 0 aliphatic heterocycles. The SMILES string of the molecule is CCCCCCCCCc1ccc(S(=O)(=O)O)c(CCCCCCCCC)c1. The van der Waals surface area contributed by atoms with Crippen LogP contribution in [0.15, 0.2) is 23.1 Å². The van der Waals surface area contributed by atoms with Crippen molar-refractivity contribution in [1.29, 1.82) is 0 Å². The molecule has 0 saturated heterocycles. The van der Waals surface area contributed by atoms with Crippen LogP contribution in [0.4, 0.5) is 0 Å². The maximum absolute atomic E-state index is 11.7. The molecule has 1 aromatic rings. The van der Waals surface area contributed by atoms with E-state index in [4.69, 9.17) is 0 Å². The second-order valence-electron chi connectivity index (χ2n) is 8.16. The fourth-order valence-corrected chi connectivity index (χ4v) is 4.53. The summed E-state index contributed by atoms with van der Waals surface area (Å²) in [6, 6.07) is 5.48. The Morgan fingerprint density at radius 3 is 1.64 bits per heavy atom. The Balaban J connectivity index is 2.49. The van der Waals surface area contributed by atoms with Crippen molar-refractivity contribution in [3.05, 3.63) is 29.3 Å². The van der Waals surface area contributed by atoms with E-state index in [1.165, 1.54) is 76.2 Å². The van der Waals surface area contributed by atoms with Gasteiger partial charge < -0.3 is 0 Å². The molecule has 0 aromatic heterocycles. The normalized spacial score (nSPS) is 11.8. The first-order chi connectivity index (χ1) is 13.5. The van der Waals surface area contributed by atoms with Gasteiger partial charge in [-0.05, 0) is 42.9 Å². The maximum Gasteiger partial charge on any atom is 0.294 e. The molecule has 28 heavy (non-hydrogen) atoms. The second kappa shape index (κ2) is 15.0. The predicted octanol–water partition coefficient (Wildman–Crippen LogP) is 7.52. The van der Waals surface area contributed by atoms with Crippen LogP contribution < -0.4 is 0 Å². The summed E-state index contributed by atoms with van der Waals surface area (Å²) in [6.45, 7) is 4.45. The first-order valence-electron chi connectivity index (χ1n) is 11.6. The zero-order valence-electron chi connectivity index (χ0n) is 18.2. The lowest BCUT2D eigenvalue weighted by Gasteiger charge is -2.10. The molecule has 0 amide bonds. The molecule has 0 fully saturated rings. The van der Waals surface area contributed by atoms with E-state index < -0.39 is 10.1 Å². The van der Waals surface area contributed by atoms with Gasteiger partial charge in [0, 0.05) is 0 Å². The third kappa shape index (κ3) is 11.2. The Morgan fingerprint density at radius 2 is 1.14 bits per heavy atom. The fourth-order valence-electron chi connectivity index (χ4n) is 3.79. The molecule has 0 unspecified atom stereocenters. The summed E-state index contributed by atoms with van der Waals surface area (Å²) in [4.78, 5) is 0.0989. The minimum Gasteiger partial charge on any atom is -0.282 e. The van der Waals surface area contributed by atoms with Gasteiger partial charge in [0.25, 0.3) is 10.1 Å². The van der Waals surface area contributed by atoms with Crippen molar-refractivity contribution in [2.75, 3.05) is 0 Å². The molecule has 3 nitrogen and oxygen atoms in total. The molecule has 0 heterocycles. The lowest BCUT2D eigenvalue weighted by atomic mass is 9.99. The van der Waals surface area contributed by atoms with Crippen LogP contribution in [0.5, 0.6) is 0 Å². The van der Waals surface area contributed by atoms with Gasteiger partial charge in [-0.1, -0.05) is 103 Å². The van der Waals surface area contributed by atoms with Crippen LogP contribution in [0.25, 0.3) is 0 Å². The van der Waals surface area contributed by atoms with Gasteiger partial charge in [0.2, 0.25) is 0 Å². The molecular formula is C24H42O3S. The number of hydrogen-bond acceptors (Lipinski definition) is 2. The summed E-state index contributed by atoms with van der Waals surface area (Å²) in [6.07, 6.45) is 19.1. The average Bonchev–Trinajstić information content (AvgIpc) is 2.66. The lowest BCUT2D eigenvalue weighted by molar-refractivity contribution is 0.481. The van der Waals surface area contributed by atoms with Crippen molar-refractivity contribution < 1.29 is 13.0 Å². The monoisotopic (exact) mass is 410 g/mol. The molecule has 0 radical (unpaired) electrons. The largest absolute Gasteiger partial charge is 0.294 e. The van der Waals surface area contributed by atoms with Gasteiger partial charge in [0.05, 0.1) is 4.90 Å². The smallest absolute Gasteiger partial charge is 0.282 e. The van der Waals surface area contributed by atoms with Gasteiger partial charge in [0.15, 0.2) is 0 Å². The Hall–Kier alpha value is -0.870. The molecule has 4 heteroatoms. The Labute approximate surface area is 174 Å². The predicted molar refractivity (Wildman–Crippen MR) is 120 cm³/mol. The number of benzene rings is 1. The number of aryl methyl sites for hydroxylation is 2. The summed E-state index contributed by atoms with van der Waals surface area (Å²) in [5.41, 5.74) is 1.98. The molecule has 1 N–H and O–H groups in total. The van der Waals surface area contributed by atoms with Crippen molar-refractivity contribution in [3.8, 4) is 0 Å². The zero-order valence-corrected chi connectivity index (χ0v) is 19.0. The van der Waals surface area contributed by atoms with Crippen molar-refractivity contribution in [2.45, 2.75) is 121 Å². The summed E-state index contributed by atoms with van der Waals surface area (Å²) in [5.74, 6) is 0. The molecule has 0 aliphatic rings. The Morgan fingerprint density at radius 1 is 0.679 bits per heavy atom. The molecule has 1 rings (SSSR count). The standard InChI is InChI=1S/C24H42O3S/c1-3-5-7-9-11-13-15-17-22-19-20-24(28(25,26)27)23(21-22)18-16-14-12-10-8-6-4-2/h19-21H,3-18H2,1-2H3,(H,25,26,27). The van der Waals surface area contributed by atoms with Gasteiger partial charge >= 0.3 is 0 Å². The number of hydrogen-bond donors (Lipinski definition) is 1. The van der Waals surface area contributed by atoms with Gasteiger partial charge in [-0.2, -0.15) is 8.42 Å². The van der Waals surface area contributed by atoms with E-state index in [0.29, 0.717) is 0 Å². The summed E-state index contributed by atoms with van der Waals surface area (Å²) < 4.78 is 33.0. The first-order valence-corrected chi connectivity index (χ1v) is 13.0. The van der Waals surface area contributed by atoms with E-state index in [0.717, 1.165) is 37.7 Å². The van der Waals surface area contributed by atoms with Gasteiger partial charge in [-0.15, -0.1) is 0 Å². The van der Waals surface area contributed by atoms with Crippen molar-refractivity contribution in [2.24, 2.45) is 0 Å². The lowest BCUT2D eigenvalue weighted by Crippen LogP contribution is -2.04. The molecule has 0 spiro atoms. The summed E-state index contributed by atoms with van der Waals surface area (Å²) in [7, 11) is -4.14. The highest BCUT2D eigenvalue weighted by Gasteiger charge is 2.15. The van der Waals surface area contributed by atoms with Crippen LogP contribution in [-0.4, -0.2) is 13.0 Å². The molecule has 1 aromatic carbocycles. The average molecular weight is 411 g/mol. The van der Waals surface area contributed by atoms with Gasteiger partial charge in [-0.3, -0.25) is 4.55 Å². The van der Waals surface area contributed by atoms with Gasteiger partial charge in [-0.25, -0.2) is 0 Å². The van der Waals surface area contributed by atoms with Crippen LogP contribution >= 0.6 is 0 Å². The quantitative estimate of drug-likeness (QED) is 0.213. The highest BCUT2D eigenvalue weighted by molar-refractivity contribution is 7.85. The van der Waals surface area contributed by atoms with Crippen molar-refractivity contribution in [1.82, 2.24) is 0 Å². The molecule has 0 saturated carbocycles. The van der Waals surface area contributed by atoms with E-state index in [2.05, 4.69) is 13.8 Å². The zero-order chi connectivity index (χ0) is 20.7. The van der Waals surface area contributed by atoms with Crippen LogP contribution in [-0.2, 0) is 23.0 Å². The number of rotatable bonds is 17. The summed E-state index contributed by atoms with van der Waals surface area (Å²) >= 11 is 0. The maximum atomic E-state index is 11.7. The minimum absolute atomic E-state index is 0.0989. The van der Waals surface area contributed by atoms with Crippen molar-refractivity contribution in [3.63, 3.8) is 0 Å². The van der Waals surface area contributed by atoms with E-state index in [1.807, 2.05) is 12.1 Å². The highest BCUT2D eigenvalue weighted by Crippen LogP contribution is 2.22. The second-order valence-corrected chi connectivity index (χ2v) is 9.55. The van der Waals surface area contributed by atoms with E-state index in [9.17, 15) is 13.0 Å². The molecule has 0 bridgehead atoms. The summed E-state index contributed by atoms with van der Waals surface area (Å²) in [5, 5.41) is 0. The molecule has 0 atom stereocenters. The van der Waals surface area contributed by atoms with E-state index >= 15 is 0 Å². The fraction of sp³-hybridized carbons (Fsp3) is 0.750. The minimum atomic E-state index is -4.14. The molecular weight excluding hydrogens is 368 g/mol. The Kier molecular flexibility index (Phi) is 13.5. The van der Waals surface area contributed by atoms with Crippen LogP contribution in [0.1, 0.15) is 115 Å². The number of unbranched alkanes of at least 4 members (excludes halogenated alkanes) is 12. The van der Waals surface area contributed by atoms with Crippen LogP contribution in [0.3, 0.4) is 0 Å². The van der Waals surface area contributed by atoms with Crippen LogP contribution in [0.2, 0.25) is 0 Å². The highest BCUT2D eigenvalue weighted by atomic mass is 32.2. The topological polar surface area (TPSA) is 54.4 Å². The van der Waals surface area contributed by atoms with E-state index in [-0.39, 0.29) is 4.90 Å². The van der Waals surface area contributed by atoms with Crippen molar-refractivity contribution >= 4 is 10.1 Å². The van der Waals surface area contributed by atoms with E-state index in [1.54, 1.807) is 6.07 Å². The molecule has 0 aliphatic carbocycles. The third-order valence-corrected chi connectivity index (χ3v) is 6.48. The first kappa shape index (κ1) is 25.2. The third-order valence-electron chi connectivity index (χ3n) is 5.52. The Bertz CT molecular complexity index is 623. The van der Waals surface area contributed by atoms with Crippen LogP contribution in [0, 0.1) is 0 Å².